The van der Waals surface area contributed by atoms with Gasteiger partial charge in [-0.1, -0.05) is 6.07 Å². The molecule has 6 nitrogen and oxygen atoms in total. The van der Waals surface area contributed by atoms with Gasteiger partial charge in [-0.15, -0.1) is 0 Å². The van der Waals surface area contributed by atoms with Crippen molar-refractivity contribution in [2.24, 2.45) is 5.92 Å². The number of hydrogen-bond acceptors (Lipinski definition) is 4. The van der Waals surface area contributed by atoms with E-state index in [0.29, 0.717) is 25.3 Å². The molecule has 0 N–H and O–H groups in total. The van der Waals surface area contributed by atoms with E-state index in [2.05, 4.69) is 9.88 Å². The van der Waals surface area contributed by atoms with Gasteiger partial charge in [0, 0.05) is 57.1 Å². The van der Waals surface area contributed by atoms with Gasteiger partial charge >= 0.3 is 0 Å². The maximum atomic E-state index is 13.2. The number of aryl methyl sites for hydroxylation is 1. The Balaban J connectivity index is 1.35. The molecule has 0 aliphatic carbocycles. The van der Waals surface area contributed by atoms with Crippen LogP contribution in [0.1, 0.15) is 24.2 Å². The lowest BCUT2D eigenvalue weighted by atomic mass is 10.1. The molecule has 2 fully saturated rings. The van der Waals surface area contributed by atoms with Gasteiger partial charge in [-0.3, -0.25) is 19.5 Å². The van der Waals surface area contributed by atoms with Crippen molar-refractivity contribution in [1.29, 1.82) is 0 Å². The fourth-order valence-corrected chi connectivity index (χ4v) is 4.27. The highest BCUT2D eigenvalue weighted by atomic mass is 19.1. The molecule has 3 heterocycles. The number of hydrogen-bond donors (Lipinski definition) is 0. The van der Waals surface area contributed by atoms with E-state index in [1.807, 2.05) is 30.0 Å². The summed E-state index contributed by atoms with van der Waals surface area (Å²) in [6.07, 6.45) is 1.11. The fraction of sp³-hybridized carbons (Fsp3) is 0.435. The first-order valence-electron chi connectivity index (χ1n) is 10.5. The smallest absolute Gasteiger partial charge is 0.228 e. The van der Waals surface area contributed by atoms with Crippen molar-refractivity contribution in [3.8, 4) is 0 Å². The molecule has 2 amide bonds. The van der Waals surface area contributed by atoms with Crippen LogP contribution >= 0.6 is 0 Å². The molecule has 0 saturated carbocycles. The van der Waals surface area contributed by atoms with Gasteiger partial charge in [0.05, 0.1) is 11.6 Å². The third-order valence-electron chi connectivity index (χ3n) is 5.84. The topological polar surface area (TPSA) is 56.8 Å². The minimum absolute atomic E-state index is 0.0449. The fourth-order valence-electron chi connectivity index (χ4n) is 4.27. The standard InChI is InChI=1S/C23H27FN4O2/c1-17-4-2-5-20(25-17)16-26-10-3-11-27(13-12-26)23(30)18-14-22(29)28(15-18)21-8-6-19(24)7-9-21/h2,4-9,18H,3,10-16H2,1H3. The molecule has 1 aromatic carbocycles. The molecular formula is C23H27FN4O2. The van der Waals surface area contributed by atoms with Crippen LogP contribution in [-0.2, 0) is 16.1 Å². The average molecular weight is 410 g/mol. The molecule has 158 valence electrons. The average Bonchev–Trinajstić information content (AvgIpc) is 2.96. The number of nitrogens with zero attached hydrogens (tertiary/aromatic N) is 4. The molecule has 30 heavy (non-hydrogen) atoms. The number of anilines is 1. The van der Waals surface area contributed by atoms with Crippen LogP contribution in [0.5, 0.6) is 0 Å². The Morgan fingerprint density at radius 2 is 1.90 bits per heavy atom. The number of pyridine rings is 1. The number of halogens is 1. The van der Waals surface area contributed by atoms with Crippen LogP contribution in [0.15, 0.2) is 42.5 Å². The van der Waals surface area contributed by atoms with Gasteiger partial charge < -0.3 is 9.80 Å². The van der Waals surface area contributed by atoms with Gasteiger partial charge in [0.15, 0.2) is 0 Å². The molecule has 0 radical (unpaired) electrons. The van der Waals surface area contributed by atoms with Gasteiger partial charge in [0.1, 0.15) is 5.82 Å². The summed E-state index contributed by atoms with van der Waals surface area (Å²) in [5, 5.41) is 0. The molecular weight excluding hydrogens is 383 g/mol. The highest BCUT2D eigenvalue weighted by Gasteiger charge is 2.37. The first kappa shape index (κ1) is 20.5. The predicted octanol–water partition coefficient (Wildman–Crippen LogP) is 2.62. The maximum Gasteiger partial charge on any atom is 0.228 e. The van der Waals surface area contributed by atoms with Crippen LogP contribution in [0.25, 0.3) is 0 Å². The summed E-state index contributed by atoms with van der Waals surface area (Å²) in [5.41, 5.74) is 2.70. The van der Waals surface area contributed by atoms with E-state index in [0.717, 1.165) is 37.4 Å². The first-order chi connectivity index (χ1) is 14.5. The lowest BCUT2D eigenvalue weighted by Crippen LogP contribution is -2.40. The van der Waals surface area contributed by atoms with Crippen LogP contribution in [0.4, 0.5) is 10.1 Å². The Hall–Kier alpha value is -2.80. The Bertz CT molecular complexity index is 918. The summed E-state index contributed by atoms with van der Waals surface area (Å²) in [7, 11) is 0. The summed E-state index contributed by atoms with van der Waals surface area (Å²) in [6.45, 7) is 6.21. The lowest BCUT2D eigenvalue weighted by Gasteiger charge is -2.24. The van der Waals surface area contributed by atoms with Crippen molar-refractivity contribution in [1.82, 2.24) is 14.8 Å². The molecule has 2 aliphatic heterocycles. The largest absolute Gasteiger partial charge is 0.341 e. The molecule has 0 spiro atoms. The van der Waals surface area contributed by atoms with E-state index in [4.69, 9.17) is 0 Å². The highest BCUT2D eigenvalue weighted by molar-refractivity contribution is 6.00. The second-order valence-electron chi connectivity index (χ2n) is 8.11. The molecule has 4 rings (SSSR count). The number of carbonyl (C=O) groups is 2. The summed E-state index contributed by atoms with van der Waals surface area (Å²) >= 11 is 0. The van der Waals surface area contributed by atoms with Crippen molar-refractivity contribution in [3.63, 3.8) is 0 Å². The van der Waals surface area contributed by atoms with E-state index in [1.54, 1.807) is 17.0 Å². The SMILES string of the molecule is Cc1cccc(CN2CCCN(C(=O)C3CC(=O)N(c4ccc(F)cc4)C3)CC2)n1. The van der Waals surface area contributed by atoms with Crippen molar-refractivity contribution in [2.45, 2.75) is 26.3 Å². The number of amides is 2. The van der Waals surface area contributed by atoms with Crippen LogP contribution in [0.2, 0.25) is 0 Å². The van der Waals surface area contributed by atoms with E-state index in [1.165, 1.54) is 12.1 Å². The molecule has 1 aromatic heterocycles. The normalized spacial score (nSPS) is 20.5. The monoisotopic (exact) mass is 410 g/mol. The minimum atomic E-state index is -0.340. The quantitative estimate of drug-likeness (QED) is 0.778. The Kier molecular flexibility index (Phi) is 6.08. The predicted molar refractivity (Wildman–Crippen MR) is 112 cm³/mol. The Labute approximate surface area is 176 Å². The molecule has 1 unspecified atom stereocenters. The van der Waals surface area contributed by atoms with E-state index >= 15 is 0 Å². The zero-order chi connectivity index (χ0) is 21.1. The van der Waals surface area contributed by atoms with Crippen molar-refractivity contribution in [3.05, 3.63) is 59.7 Å². The number of aromatic nitrogens is 1. The Morgan fingerprint density at radius 1 is 1.10 bits per heavy atom. The number of benzene rings is 1. The second-order valence-corrected chi connectivity index (χ2v) is 8.11. The summed E-state index contributed by atoms with van der Waals surface area (Å²) in [6, 6.07) is 11.9. The molecule has 2 aliphatic rings. The summed E-state index contributed by atoms with van der Waals surface area (Å²) < 4.78 is 13.2. The van der Waals surface area contributed by atoms with Gasteiger partial charge in [0.25, 0.3) is 0 Å². The molecule has 2 saturated heterocycles. The van der Waals surface area contributed by atoms with Gasteiger partial charge in [-0.05, 0) is 49.7 Å². The second kappa shape index (κ2) is 8.92. The third-order valence-corrected chi connectivity index (χ3v) is 5.84. The van der Waals surface area contributed by atoms with Gasteiger partial charge in [0.2, 0.25) is 11.8 Å². The van der Waals surface area contributed by atoms with Gasteiger partial charge in [-0.2, -0.15) is 0 Å². The Morgan fingerprint density at radius 3 is 2.67 bits per heavy atom. The van der Waals surface area contributed by atoms with E-state index < -0.39 is 0 Å². The van der Waals surface area contributed by atoms with Crippen LogP contribution < -0.4 is 4.90 Å². The van der Waals surface area contributed by atoms with Crippen molar-refractivity contribution < 1.29 is 14.0 Å². The number of rotatable bonds is 4. The molecule has 2 aromatic rings. The highest BCUT2D eigenvalue weighted by Crippen LogP contribution is 2.27. The van der Waals surface area contributed by atoms with Gasteiger partial charge in [-0.25, -0.2) is 4.39 Å². The molecule has 7 heteroatoms. The lowest BCUT2D eigenvalue weighted by molar-refractivity contribution is -0.135. The van der Waals surface area contributed by atoms with Crippen LogP contribution in [0.3, 0.4) is 0 Å². The molecule has 1 atom stereocenters. The summed E-state index contributed by atoms with van der Waals surface area (Å²) in [4.78, 5) is 36.0. The summed E-state index contributed by atoms with van der Waals surface area (Å²) in [5.74, 6) is -0.717. The first-order valence-corrected chi connectivity index (χ1v) is 10.5. The number of carbonyl (C=O) groups excluding carboxylic acids is 2. The van der Waals surface area contributed by atoms with Crippen molar-refractivity contribution in [2.75, 3.05) is 37.6 Å². The van der Waals surface area contributed by atoms with E-state index in [-0.39, 0.29) is 30.0 Å². The van der Waals surface area contributed by atoms with Crippen LogP contribution in [-0.4, -0.2) is 59.3 Å². The zero-order valence-corrected chi connectivity index (χ0v) is 17.3. The maximum absolute atomic E-state index is 13.2. The zero-order valence-electron chi connectivity index (χ0n) is 17.3. The minimum Gasteiger partial charge on any atom is -0.341 e. The third kappa shape index (κ3) is 4.67. The van der Waals surface area contributed by atoms with Crippen molar-refractivity contribution >= 4 is 17.5 Å². The van der Waals surface area contributed by atoms with E-state index in [9.17, 15) is 14.0 Å². The van der Waals surface area contributed by atoms with Crippen LogP contribution in [0, 0.1) is 18.7 Å². The molecule has 0 bridgehead atoms.